The van der Waals surface area contributed by atoms with Gasteiger partial charge in [0.25, 0.3) is 11.1 Å². The highest BCUT2D eigenvalue weighted by Crippen LogP contribution is 2.60. The van der Waals surface area contributed by atoms with Crippen LogP contribution in [0.5, 0.6) is 11.5 Å². The Bertz CT molecular complexity index is 953. The van der Waals surface area contributed by atoms with Crippen LogP contribution in [0.25, 0.3) is 6.08 Å². The predicted molar refractivity (Wildman–Crippen MR) is 116 cm³/mol. The summed E-state index contributed by atoms with van der Waals surface area (Å²) in [4.78, 5) is 36.8. The van der Waals surface area contributed by atoms with Crippen molar-refractivity contribution in [1.82, 2.24) is 5.32 Å². The molecule has 6 rings (SSSR count). The van der Waals surface area contributed by atoms with Gasteiger partial charge in [0.15, 0.2) is 11.5 Å². The number of amides is 2. The zero-order valence-corrected chi connectivity index (χ0v) is 18.9. The van der Waals surface area contributed by atoms with Gasteiger partial charge in [-0.25, -0.2) is 0 Å². The SMILES string of the molecule is COc1cc(/C=C2/SC(=O)NC2=O)cc(Br)c1OC(=O)C12CC3CC(CC(C3)C1)C2. The van der Waals surface area contributed by atoms with Crippen LogP contribution in [0, 0.1) is 23.2 Å². The van der Waals surface area contributed by atoms with Gasteiger partial charge in [0.1, 0.15) is 0 Å². The predicted octanol–water partition coefficient (Wildman–Crippen LogP) is 4.90. The number of hydrogen-bond donors (Lipinski definition) is 1. The maximum absolute atomic E-state index is 13.3. The number of rotatable bonds is 4. The molecule has 5 aliphatic rings. The van der Waals surface area contributed by atoms with Gasteiger partial charge >= 0.3 is 5.97 Å². The fourth-order valence-corrected chi connectivity index (χ4v) is 7.28. The van der Waals surface area contributed by atoms with Gasteiger partial charge in [-0.15, -0.1) is 0 Å². The molecule has 6 nitrogen and oxygen atoms in total. The lowest BCUT2D eigenvalue weighted by Crippen LogP contribution is -2.51. The number of carbonyl (C=O) groups excluding carboxylic acids is 3. The molecule has 0 spiro atoms. The van der Waals surface area contributed by atoms with E-state index >= 15 is 0 Å². The first kappa shape index (κ1) is 20.1. The van der Waals surface area contributed by atoms with Gasteiger partial charge in [-0.3, -0.25) is 19.7 Å². The lowest BCUT2D eigenvalue weighted by atomic mass is 9.49. The first-order valence-electron chi connectivity index (χ1n) is 10.2. The minimum absolute atomic E-state index is 0.150. The third-order valence-electron chi connectivity index (χ3n) is 6.86. The molecule has 1 saturated heterocycles. The minimum Gasteiger partial charge on any atom is -0.493 e. The summed E-state index contributed by atoms with van der Waals surface area (Å²) in [7, 11) is 1.52. The fraction of sp³-hybridized carbons (Fsp3) is 0.500. The number of benzene rings is 1. The molecule has 0 atom stereocenters. The lowest BCUT2D eigenvalue weighted by molar-refractivity contribution is -0.161. The van der Waals surface area contributed by atoms with Crippen LogP contribution in [-0.4, -0.2) is 24.2 Å². The molecule has 0 aromatic heterocycles. The number of thioether (sulfide) groups is 1. The highest BCUT2D eigenvalue weighted by Gasteiger charge is 2.55. The van der Waals surface area contributed by atoms with Crippen molar-refractivity contribution in [3.63, 3.8) is 0 Å². The second-order valence-corrected chi connectivity index (χ2v) is 10.8. The Labute approximate surface area is 187 Å². The van der Waals surface area contributed by atoms with Crippen molar-refractivity contribution >= 4 is 50.9 Å². The number of carbonyl (C=O) groups is 3. The molecular formula is C22H22BrNO5S. The van der Waals surface area contributed by atoms with Crippen molar-refractivity contribution in [2.24, 2.45) is 23.2 Å². The molecule has 4 bridgehead atoms. The van der Waals surface area contributed by atoms with Gasteiger partial charge in [0.05, 0.1) is 21.9 Å². The van der Waals surface area contributed by atoms with Crippen molar-refractivity contribution in [2.45, 2.75) is 38.5 Å². The number of ether oxygens (including phenoxy) is 2. The van der Waals surface area contributed by atoms with Gasteiger partial charge in [0.2, 0.25) is 0 Å². The van der Waals surface area contributed by atoms with Gasteiger partial charge in [0, 0.05) is 0 Å². The molecule has 4 aliphatic carbocycles. The highest BCUT2D eigenvalue weighted by atomic mass is 79.9. The van der Waals surface area contributed by atoms with Crippen molar-refractivity contribution in [3.05, 3.63) is 27.1 Å². The number of nitrogens with one attached hydrogen (secondary N) is 1. The van der Waals surface area contributed by atoms with Crippen LogP contribution in [0.15, 0.2) is 21.5 Å². The molecule has 1 heterocycles. The van der Waals surface area contributed by atoms with E-state index in [0.29, 0.717) is 44.2 Å². The molecule has 158 valence electrons. The molecular weight excluding hydrogens is 470 g/mol. The molecule has 30 heavy (non-hydrogen) atoms. The molecule has 2 amide bonds. The summed E-state index contributed by atoms with van der Waals surface area (Å²) in [6.45, 7) is 0. The van der Waals surface area contributed by atoms with Crippen LogP contribution in [-0.2, 0) is 9.59 Å². The zero-order valence-electron chi connectivity index (χ0n) is 16.5. The summed E-state index contributed by atoms with van der Waals surface area (Å²) >= 11 is 4.35. The molecule has 1 N–H and O–H groups in total. The van der Waals surface area contributed by atoms with E-state index in [9.17, 15) is 14.4 Å². The Morgan fingerprint density at radius 2 is 1.80 bits per heavy atom. The molecule has 0 radical (unpaired) electrons. The maximum Gasteiger partial charge on any atom is 0.317 e. The van der Waals surface area contributed by atoms with E-state index in [1.54, 1.807) is 18.2 Å². The second-order valence-electron chi connectivity index (χ2n) is 8.97. The molecule has 1 aromatic rings. The molecule has 0 unspecified atom stereocenters. The summed E-state index contributed by atoms with van der Waals surface area (Å²) < 4.78 is 12.0. The highest BCUT2D eigenvalue weighted by molar-refractivity contribution is 9.10. The van der Waals surface area contributed by atoms with Crippen LogP contribution < -0.4 is 14.8 Å². The number of imide groups is 1. The number of halogens is 1. The minimum atomic E-state index is -0.419. The molecule has 4 saturated carbocycles. The van der Waals surface area contributed by atoms with Gasteiger partial charge in [-0.1, -0.05) is 0 Å². The monoisotopic (exact) mass is 491 g/mol. The summed E-state index contributed by atoms with van der Waals surface area (Å²) in [5.74, 6) is 2.16. The standard InChI is InChI=1S/C22H22BrNO5S/c1-28-16-6-11(7-17-19(25)24-21(27)30-17)5-15(23)18(16)29-20(26)22-8-12-2-13(9-22)4-14(3-12)10-22/h5-7,12-14H,2-4,8-10H2,1H3,(H,24,25,27)/b17-7+. The average Bonchev–Trinajstić information content (AvgIpc) is 2.99. The number of methoxy groups -OCH3 is 1. The second kappa shape index (κ2) is 7.41. The quantitative estimate of drug-likeness (QED) is 0.366. The summed E-state index contributed by atoms with van der Waals surface area (Å²) in [6.07, 6.45) is 8.20. The Morgan fingerprint density at radius 3 is 2.33 bits per heavy atom. The molecule has 8 heteroatoms. The zero-order chi connectivity index (χ0) is 21.0. The third-order valence-corrected chi connectivity index (χ3v) is 8.26. The molecule has 1 aromatic carbocycles. The Kier molecular flexibility index (Phi) is 4.97. The Morgan fingerprint density at radius 1 is 1.17 bits per heavy atom. The number of hydrogen-bond acceptors (Lipinski definition) is 6. The van der Waals surface area contributed by atoms with Crippen LogP contribution in [0.4, 0.5) is 4.79 Å². The topological polar surface area (TPSA) is 81.7 Å². The largest absolute Gasteiger partial charge is 0.493 e. The van der Waals surface area contributed by atoms with Crippen LogP contribution in [0.3, 0.4) is 0 Å². The van der Waals surface area contributed by atoms with E-state index < -0.39 is 11.1 Å². The van der Waals surface area contributed by atoms with Crippen molar-refractivity contribution in [2.75, 3.05) is 7.11 Å². The van der Waals surface area contributed by atoms with E-state index in [4.69, 9.17) is 9.47 Å². The summed E-state index contributed by atoms with van der Waals surface area (Å²) in [5.41, 5.74) is 0.305. The smallest absolute Gasteiger partial charge is 0.317 e. The Hall–Kier alpha value is -1.80. The summed E-state index contributed by atoms with van der Waals surface area (Å²) in [5, 5.41) is 1.84. The van der Waals surface area contributed by atoms with E-state index in [1.165, 1.54) is 26.4 Å². The van der Waals surface area contributed by atoms with E-state index in [2.05, 4.69) is 21.2 Å². The number of esters is 1. The maximum atomic E-state index is 13.3. The molecule has 5 fully saturated rings. The van der Waals surface area contributed by atoms with Gasteiger partial charge in [-0.05, 0) is 108 Å². The van der Waals surface area contributed by atoms with Crippen molar-refractivity contribution in [3.8, 4) is 11.5 Å². The van der Waals surface area contributed by atoms with Crippen LogP contribution in [0.1, 0.15) is 44.1 Å². The molecule has 1 aliphatic heterocycles. The van der Waals surface area contributed by atoms with Crippen LogP contribution >= 0.6 is 27.7 Å². The average molecular weight is 492 g/mol. The first-order chi connectivity index (χ1) is 14.3. The summed E-state index contributed by atoms with van der Waals surface area (Å²) in [6, 6.07) is 3.46. The van der Waals surface area contributed by atoms with E-state index in [1.807, 2.05) is 0 Å². The lowest BCUT2D eigenvalue weighted by Gasteiger charge is -2.55. The van der Waals surface area contributed by atoms with Crippen molar-refractivity contribution in [1.29, 1.82) is 0 Å². The van der Waals surface area contributed by atoms with Gasteiger partial charge in [-0.2, -0.15) is 0 Å². The van der Waals surface area contributed by atoms with Crippen LogP contribution in [0.2, 0.25) is 0 Å². The van der Waals surface area contributed by atoms with Gasteiger partial charge < -0.3 is 9.47 Å². The Balaban J connectivity index is 1.41. The fourth-order valence-electron chi connectivity index (χ4n) is 6.06. The third kappa shape index (κ3) is 3.47. The van der Waals surface area contributed by atoms with E-state index in [-0.39, 0.29) is 11.4 Å². The normalized spacial score (nSPS) is 33.1. The van der Waals surface area contributed by atoms with Crippen molar-refractivity contribution < 1.29 is 23.9 Å². The first-order valence-corrected chi connectivity index (χ1v) is 11.8. The van der Waals surface area contributed by atoms with E-state index in [0.717, 1.165) is 31.0 Å².